The lowest BCUT2D eigenvalue weighted by Gasteiger charge is -2.13. The summed E-state index contributed by atoms with van der Waals surface area (Å²) in [5.74, 6) is -1.01. The molecular weight excluding hydrogens is 335 g/mol. The summed E-state index contributed by atoms with van der Waals surface area (Å²) in [5, 5.41) is 0. The number of alkyl halides is 6. The minimum absolute atomic E-state index is 0. The number of hydrogen-bond donors (Lipinski definition) is 1. The molecule has 10 heteroatoms. The van der Waals surface area contributed by atoms with Gasteiger partial charge in [-0.15, -0.1) is 24.8 Å². The van der Waals surface area contributed by atoms with Crippen LogP contribution in [0.2, 0.25) is 0 Å². The van der Waals surface area contributed by atoms with E-state index in [2.05, 4.69) is 0 Å². The van der Waals surface area contributed by atoms with Gasteiger partial charge in [0, 0.05) is 0 Å². The molecule has 0 aliphatic carbocycles. The molecule has 0 fully saturated rings. The number of benzene rings is 1. The smallest absolute Gasteiger partial charge is 0.369 e. The highest BCUT2D eigenvalue weighted by Crippen LogP contribution is 2.36. The second-order valence-corrected chi connectivity index (χ2v) is 3.56. The molecule has 2 N–H and O–H groups in total. The number of carbonyl (C=O) groups is 1. The summed E-state index contributed by atoms with van der Waals surface area (Å²) in [6.45, 7) is 0. The summed E-state index contributed by atoms with van der Waals surface area (Å²) >= 11 is 0. The largest absolute Gasteiger partial charge is 0.416 e. The number of carbonyl (C=O) groups excluding carboxylic acids is 1. The quantitative estimate of drug-likeness (QED) is 0.819. The third kappa shape index (κ3) is 5.87. The van der Waals surface area contributed by atoms with Gasteiger partial charge in [0.1, 0.15) is 0 Å². The molecule has 1 amide bonds. The monoisotopic (exact) mass is 343 g/mol. The van der Waals surface area contributed by atoms with Crippen molar-refractivity contribution in [2.45, 2.75) is 18.8 Å². The summed E-state index contributed by atoms with van der Waals surface area (Å²) in [7, 11) is 0. The Labute approximate surface area is 122 Å². The van der Waals surface area contributed by atoms with Crippen molar-refractivity contribution >= 4 is 30.7 Å². The van der Waals surface area contributed by atoms with Gasteiger partial charge < -0.3 is 5.73 Å². The van der Waals surface area contributed by atoms with E-state index in [-0.39, 0.29) is 30.9 Å². The molecule has 0 unspecified atom stereocenters. The molecule has 0 atom stereocenters. The standard InChI is InChI=1S/C10H7F6NO.2ClH/c11-9(12,13)6-1-5(3-8(17)18)2-7(4-6)10(14,15)16;;/h1-2,4H,3H2,(H2,17,18);2*1H. The maximum atomic E-state index is 12.4. The minimum atomic E-state index is -4.92. The van der Waals surface area contributed by atoms with E-state index in [9.17, 15) is 31.1 Å². The van der Waals surface area contributed by atoms with Gasteiger partial charge in [0.05, 0.1) is 17.5 Å². The van der Waals surface area contributed by atoms with Gasteiger partial charge in [0.25, 0.3) is 0 Å². The first kappa shape index (κ1) is 21.2. The summed E-state index contributed by atoms with van der Waals surface area (Å²) in [6.07, 6.45) is -10.5. The van der Waals surface area contributed by atoms with Crippen molar-refractivity contribution in [2.24, 2.45) is 5.73 Å². The lowest BCUT2D eigenvalue weighted by Crippen LogP contribution is -2.16. The highest BCUT2D eigenvalue weighted by Gasteiger charge is 2.36. The third-order valence-corrected chi connectivity index (χ3v) is 2.03. The Bertz CT molecular complexity index is 440. The van der Waals surface area contributed by atoms with Crippen LogP contribution >= 0.6 is 24.8 Å². The van der Waals surface area contributed by atoms with Crippen LogP contribution < -0.4 is 5.73 Å². The SMILES string of the molecule is Cl.Cl.NC(=O)Cc1cc(C(F)(F)F)cc(C(F)(F)F)c1. The van der Waals surface area contributed by atoms with Gasteiger partial charge in [0.15, 0.2) is 0 Å². The van der Waals surface area contributed by atoms with Crippen LogP contribution in [0.3, 0.4) is 0 Å². The van der Waals surface area contributed by atoms with Crippen molar-refractivity contribution in [1.82, 2.24) is 0 Å². The summed E-state index contributed by atoms with van der Waals surface area (Å²) in [6, 6.07) is 0.935. The molecule has 20 heavy (non-hydrogen) atoms. The van der Waals surface area contributed by atoms with Crippen molar-refractivity contribution in [1.29, 1.82) is 0 Å². The zero-order valence-corrected chi connectivity index (χ0v) is 11.1. The molecule has 0 saturated carbocycles. The predicted octanol–water partition coefficient (Wildman–Crippen LogP) is 3.60. The first-order chi connectivity index (χ1) is 8.00. The molecule has 0 radical (unpaired) electrons. The van der Waals surface area contributed by atoms with Crippen molar-refractivity contribution in [2.75, 3.05) is 0 Å². The van der Waals surface area contributed by atoms with Gasteiger partial charge in [-0.2, -0.15) is 26.3 Å². The Kier molecular flexibility index (Phi) is 7.44. The van der Waals surface area contributed by atoms with Crippen molar-refractivity contribution in [3.8, 4) is 0 Å². The maximum absolute atomic E-state index is 12.4. The lowest BCUT2D eigenvalue weighted by atomic mass is 10.0. The molecule has 0 aliphatic rings. The van der Waals surface area contributed by atoms with Crippen molar-refractivity contribution in [3.05, 3.63) is 34.9 Å². The van der Waals surface area contributed by atoms with E-state index in [4.69, 9.17) is 5.73 Å². The van der Waals surface area contributed by atoms with Gasteiger partial charge in [-0.1, -0.05) is 0 Å². The number of rotatable bonds is 2. The van der Waals surface area contributed by atoms with E-state index >= 15 is 0 Å². The van der Waals surface area contributed by atoms with Crippen LogP contribution in [0.15, 0.2) is 18.2 Å². The first-order valence-corrected chi connectivity index (χ1v) is 4.57. The van der Waals surface area contributed by atoms with Crippen molar-refractivity contribution in [3.63, 3.8) is 0 Å². The van der Waals surface area contributed by atoms with E-state index < -0.39 is 41.4 Å². The Hall–Kier alpha value is -1.15. The molecule has 116 valence electrons. The van der Waals surface area contributed by atoms with Crippen LogP contribution in [0, 0.1) is 0 Å². The van der Waals surface area contributed by atoms with Crippen LogP contribution in [-0.2, 0) is 23.6 Å². The summed E-state index contributed by atoms with van der Waals surface area (Å²) < 4.78 is 74.3. The first-order valence-electron chi connectivity index (χ1n) is 4.57. The fourth-order valence-electron chi connectivity index (χ4n) is 1.32. The van der Waals surface area contributed by atoms with Gasteiger partial charge in [-0.05, 0) is 23.8 Å². The highest BCUT2D eigenvalue weighted by molar-refractivity contribution is 5.85. The Morgan fingerprint density at radius 3 is 1.50 bits per heavy atom. The summed E-state index contributed by atoms with van der Waals surface area (Å²) in [4.78, 5) is 10.6. The van der Waals surface area contributed by atoms with Gasteiger partial charge >= 0.3 is 12.4 Å². The number of amides is 1. The number of primary amides is 1. The number of nitrogens with two attached hydrogens (primary N) is 1. The molecule has 1 rings (SSSR count). The van der Waals surface area contributed by atoms with Gasteiger partial charge in [-0.25, -0.2) is 0 Å². The molecule has 0 saturated heterocycles. The minimum Gasteiger partial charge on any atom is -0.369 e. The van der Waals surface area contributed by atoms with E-state index in [0.29, 0.717) is 12.1 Å². The molecule has 0 aliphatic heterocycles. The molecular formula is C10H9Cl2F6NO. The number of halogens is 8. The number of hydrogen-bond acceptors (Lipinski definition) is 1. The van der Waals surface area contributed by atoms with Gasteiger partial charge in [-0.3, -0.25) is 4.79 Å². The molecule has 1 aromatic carbocycles. The molecule has 1 aromatic rings. The summed E-state index contributed by atoms with van der Waals surface area (Å²) in [5.41, 5.74) is 1.39. The van der Waals surface area contributed by atoms with E-state index in [0.717, 1.165) is 0 Å². The third-order valence-electron chi connectivity index (χ3n) is 2.03. The normalized spacial score (nSPS) is 11.3. The highest BCUT2D eigenvalue weighted by atomic mass is 35.5. The fraction of sp³-hybridized carbons (Fsp3) is 0.300. The second kappa shape index (κ2) is 7.03. The van der Waals surface area contributed by atoms with Crippen molar-refractivity contribution < 1.29 is 31.1 Å². The van der Waals surface area contributed by atoms with Crippen LogP contribution in [0.25, 0.3) is 0 Å². The fourth-order valence-corrected chi connectivity index (χ4v) is 1.32. The average molecular weight is 344 g/mol. The zero-order valence-electron chi connectivity index (χ0n) is 9.51. The van der Waals surface area contributed by atoms with E-state index in [1.807, 2.05) is 0 Å². The Morgan fingerprint density at radius 2 is 1.25 bits per heavy atom. The molecule has 2 nitrogen and oxygen atoms in total. The molecule has 0 heterocycles. The van der Waals surface area contributed by atoms with Crippen LogP contribution in [0.5, 0.6) is 0 Å². The molecule has 0 bridgehead atoms. The lowest BCUT2D eigenvalue weighted by molar-refractivity contribution is -0.143. The van der Waals surface area contributed by atoms with E-state index in [1.165, 1.54) is 0 Å². The van der Waals surface area contributed by atoms with Crippen LogP contribution in [-0.4, -0.2) is 5.91 Å². The van der Waals surface area contributed by atoms with Gasteiger partial charge in [0.2, 0.25) is 5.91 Å². The molecule has 0 spiro atoms. The molecule has 0 aromatic heterocycles. The Morgan fingerprint density at radius 1 is 0.900 bits per heavy atom. The predicted molar refractivity (Wildman–Crippen MR) is 63.8 cm³/mol. The van der Waals surface area contributed by atoms with Crippen LogP contribution in [0.1, 0.15) is 16.7 Å². The topological polar surface area (TPSA) is 43.1 Å². The maximum Gasteiger partial charge on any atom is 0.416 e. The Balaban J connectivity index is 0. The zero-order chi connectivity index (χ0) is 14.1. The van der Waals surface area contributed by atoms with Crippen LogP contribution in [0.4, 0.5) is 26.3 Å². The average Bonchev–Trinajstić information content (AvgIpc) is 2.13. The second-order valence-electron chi connectivity index (χ2n) is 3.56. The van der Waals surface area contributed by atoms with E-state index in [1.54, 1.807) is 0 Å².